The molecular weight excluding hydrogens is 235 g/mol. The normalized spacial score (nSPS) is 13.8. The zero-order valence-electron chi connectivity index (χ0n) is 10.6. The quantitative estimate of drug-likeness (QED) is 0.555. The molecule has 90 valence electrons. The fourth-order valence-electron chi connectivity index (χ4n) is 1.29. The standard InChI is InChI=1S/C12H21O2PSi/c1-5-13-15(14-16(2,3)4)11-12-9-7-6-8-10-12/h6-10H,5,11H2,1-4H3. The minimum atomic E-state index is -1.51. The summed E-state index contributed by atoms with van der Waals surface area (Å²) in [6.45, 7) is 9.35. The average molecular weight is 256 g/mol. The molecule has 4 heteroatoms. The van der Waals surface area contributed by atoms with Crippen molar-refractivity contribution in [1.29, 1.82) is 0 Å². The molecule has 0 saturated heterocycles. The van der Waals surface area contributed by atoms with E-state index in [4.69, 9.17) is 8.74 Å². The molecule has 0 saturated carbocycles. The zero-order chi connectivity index (χ0) is 12.0. The van der Waals surface area contributed by atoms with Crippen LogP contribution in [0.25, 0.3) is 0 Å². The summed E-state index contributed by atoms with van der Waals surface area (Å²) in [6, 6.07) is 10.4. The highest BCUT2D eigenvalue weighted by Crippen LogP contribution is 2.44. The minimum absolute atomic E-state index is 0.725. The Morgan fingerprint density at radius 2 is 1.75 bits per heavy atom. The highest BCUT2D eigenvalue weighted by Gasteiger charge is 2.22. The van der Waals surface area contributed by atoms with Crippen LogP contribution in [0.1, 0.15) is 12.5 Å². The molecule has 0 aliphatic heterocycles. The van der Waals surface area contributed by atoms with Gasteiger partial charge in [-0.15, -0.1) is 0 Å². The third-order valence-corrected chi connectivity index (χ3v) is 5.98. The van der Waals surface area contributed by atoms with Crippen molar-refractivity contribution in [3.05, 3.63) is 35.9 Å². The van der Waals surface area contributed by atoms with Crippen molar-refractivity contribution < 1.29 is 8.74 Å². The predicted molar refractivity (Wildman–Crippen MR) is 73.1 cm³/mol. The van der Waals surface area contributed by atoms with Crippen LogP contribution in [0.4, 0.5) is 0 Å². The van der Waals surface area contributed by atoms with E-state index in [1.54, 1.807) is 0 Å². The molecule has 2 nitrogen and oxygen atoms in total. The SMILES string of the molecule is CCOP(Cc1ccccc1)O[Si](C)(C)C. The molecule has 0 N–H and O–H groups in total. The van der Waals surface area contributed by atoms with Gasteiger partial charge in [0.05, 0.1) is 6.61 Å². The maximum absolute atomic E-state index is 6.06. The van der Waals surface area contributed by atoms with Gasteiger partial charge in [-0.25, -0.2) is 0 Å². The third-order valence-electron chi connectivity index (χ3n) is 1.80. The largest absolute Gasteiger partial charge is 0.375 e. The molecule has 0 bridgehead atoms. The second-order valence-corrected chi connectivity index (χ2v) is 10.8. The Hall–Kier alpha value is -0.213. The molecule has 0 spiro atoms. The van der Waals surface area contributed by atoms with Gasteiger partial charge in [0.1, 0.15) is 0 Å². The van der Waals surface area contributed by atoms with Gasteiger partial charge in [0, 0.05) is 6.16 Å². The molecule has 0 fully saturated rings. The molecule has 1 aromatic carbocycles. The Labute approximate surface area is 101 Å². The molecular formula is C12H21O2PSi. The minimum Gasteiger partial charge on any atom is -0.375 e. The Morgan fingerprint density at radius 1 is 1.12 bits per heavy atom. The smallest absolute Gasteiger partial charge is 0.191 e. The third kappa shape index (κ3) is 5.76. The van der Waals surface area contributed by atoms with Gasteiger partial charge in [-0.1, -0.05) is 30.3 Å². The Kier molecular flexibility index (Phi) is 5.63. The van der Waals surface area contributed by atoms with E-state index in [0.29, 0.717) is 0 Å². The maximum Gasteiger partial charge on any atom is 0.191 e. The molecule has 1 rings (SSSR count). The number of hydrogen-bond acceptors (Lipinski definition) is 2. The second-order valence-electron chi connectivity index (χ2n) is 4.60. The summed E-state index contributed by atoms with van der Waals surface area (Å²) in [4.78, 5) is 0. The summed E-state index contributed by atoms with van der Waals surface area (Å²) in [5.41, 5.74) is 1.29. The number of hydrogen-bond donors (Lipinski definition) is 0. The second kappa shape index (κ2) is 6.50. The van der Waals surface area contributed by atoms with Crippen LogP contribution in [0.2, 0.25) is 19.6 Å². The van der Waals surface area contributed by atoms with Gasteiger partial charge in [0.15, 0.2) is 16.7 Å². The van der Waals surface area contributed by atoms with Gasteiger partial charge in [-0.2, -0.15) is 0 Å². The molecule has 0 aromatic heterocycles. The van der Waals surface area contributed by atoms with E-state index in [0.717, 1.165) is 12.8 Å². The topological polar surface area (TPSA) is 18.5 Å². The lowest BCUT2D eigenvalue weighted by molar-refractivity contribution is 0.332. The molecule has 0 amide bonds. The molecule has 0 aliphatic rings. The monoisotopic (exact) mass is 256 g/mol. The van der Waals surface area contributed by atoms with Crippen LogP contribution in [0.15, 0.2) is 30.3 Å². The summed E-state index contributed by atoms with van der Waals surface area (Å²) < 4.78 is 11.8. The molecule has 1 aromatic rings. The molecule has 0 radical (unpaired) electrons. The van der Waals surface area contributed by atoms with Crippen molar-refractivity contribution in [2.45, 2.75) is 32.7 Å². The van der Waals surface area contributed by atoms with Crippen molar-refractivity contribution >= 4 is 16.7 Å². The van der Waals surface area contributed by atoms with E-state index in [1.165, 1.54) is 5.56 Å². The first kappa shape index (κ1) is 13.9. The first-order valence-corrected chi connectivity index (χ1v) is 10.4. The summed E-state index contributed by atoms with van der Waals surface area (Å²) in [5.74, 6) is 0. The van der Waals surface area contributed by atoms with E-state index < -0.39 is 16.7 Å². The van der Waals surface area contributed by atoms with Gasteiger partial charge in [-0.05, 0) is 32.1 Å². The van der Waals surface area contributed by atoms with E-state index in [-0.39, 0.29) is 0 Å². The Morgan fingerprint density at radius 3 is 2.25 bits per heavy atom. The lowest BCUT2D eigenvalue weighted by atomic mass is 10.2. The van der Waals surface area contributed by atoms with Crippen LogP contribution >= 0.6 is 8.38 Å². The van der Waals surface area contributed by atoms with Crippen molar-refractivity contribution in [2.75, 3.05) is 6.61 Å². The van der Waals surface area contributed by atoms with Gasteiger partial charge in [0.25, 0.3) is 0 Å². The summed E-state index contributed by atoms with van der Waals surface area (Å²) in [7, 11) is -2.27. The fourth-order valence-corrected chi connectivity index (χ4v) is 5.09. The summed E-state index contributed by atoms with van der Waals surface area (Å²) >= 11 is 0. The van der Waals surface area contributed by atoms with E-state index >= 15 is 0 Å². The van der Waals surface area contributed by atoms with Crippen LogP contribution in [0, 0.1) is 0 Å². The van der Waals surface area contributed by atoms with Gasteiger partial charge in [0.2, 0.25) is 0 Å². The first-order valence-electron chi connectivity index (χ1n) is 5.65. The molecule has 0 heterocycles. The number of benzene rings is 1. The van der Waals surface area contributed by atoms with Crippen LogP contribution < -0.4 is 0 Å². The van der Waals surface area contributed by atoms with Crippen LogP contribution in [-0.4, -0.2) is 14.9 Å². The average Bonchev–Trinajstić information content (AvgIpc) is 2.17. The van der Waals surface area contributed by atoms with Crippen LogP contribution in [0.5, 0.6) is 0 Å². The van der Waals surface area contributed by atoms with E-state index in [9.17, 15) is 0 Å². The molecule has 16 heavy (non-hydrogen) atoms. The highest BCUT2D eigenvalue weighted by molar-refractivity contribution is 7.48. The fraction of sp³-hybridized carbons (Fsp3) is 0.500. The van der Waals surface area contributed by atoms with E-state index in [1.807, 2.05) is 13.0 Å². The van der Waals surface area contributed by atoms with Crippen LogP contribution in [0.3, 0.4) is 0 Å². The predicted octanol–water partition coefficient (Wildman–Crippen LogP) is 4.39. The lowest BCUT2D eigenvalue weighted by Gasteiger charge is -2.25. The molecule has 1 unspecified atom stereocenters. The van der Waals surface area contributed by atoms with E-state index in [2.05, 4.69) is 43.9 Å². The highest BCUT2D eigenvalue weighted by atomic mass is 31.2. The van der Waals surface area contributed by atoms with Gasteiger partial charge in [-0.3, -0.25) is 0 Å². The van der Waals surface area contributed by atoms with Gasteiger partial charge < -0.3 is 8.74 Å². The number of rotatable bonds is 6. The molecule has 1 atom stereocenters. The Bertz CT molecular complexity index is 298. The van der Waals surface area contributed by atoms with Crippen molar-refractivity contribution in [1.82, 2.24) is 0 Å². The molecule has 0 aliphatic carbocycles. The summed E-state index contributed by atoms with van der Waals surface area (Å²) in [5, 5.41) is 0. The summed E-state index contributed by atoms with van der Waals surface area (Å²) in [6.07, 6.45) is 0.897. The lowest BCUT2D eigenvalue weighted by Crippen LogP contribution is -2.23. The van der Waals surface area contributed by atoms with Gasteiger partial charge >= 0.3 is 0 Å². The first-order chi connectivity index (χ1) is 7.51. The Balaban J connectivity index is 2.58. The zero-order valence-corrected chi connectivity index (χ0v) is 12.5. The van der Waals surface area contributed by atoms with Crippen molar-refractivity contribution in [2.24, 2.45) is 0 Å². The van der Waals surface area contributed by atoms with Crippen LogP contribution in [-0.2, 0) is 14.9 Å². The van der Waals surface area contributed by atoms with Crippen molar-refractivity contribution in [3.8, 4) is 0 Å². The maximum atomic E-state index is 6.06. The van der Waals surface area contributed by atoms with Crippen molar-refractivity contribution in [3.63, 3.8) is 0 Å².